The minimum atomic E-state index is -0.0429. The summed E-state index contributed by atoms with van der Waals surface area (Å²) in [5, 5.41) is 0. The molecule has 0 bridgehead atoms. The van der Waals surface area contributed by atoms with Gasteiger partial charge in [0.25, 0.3) is 6.71 Å². The second-order valence-corrected chi connectivity index (χ2v) is 18.7. The van der Waals surface area contributed by atoms with E-state index in [0.717, 1.165) is 0 Å². The Kier molecular flexibility index (Phi) is 8.99. The Morgan fingerprint density at radius 3 is 1.28 bits per heavy atom. The zero-order chi connectivity index (χ0) is 41.3. The van der Waals surface area contributed by atoms with E-state index in [9.17, 15) is 0 Å². The van der Waals surface area contributed by atoms with E-state index in [0.29, 0.717) is 0 Å². The normalized spacial score (nSPS) is 13.2. The molecule has 8 aromatic carbocycles. The van der Waals surface area contributed by atoms with Crippen molar-refractivity contribution in [1.29, 1.82) is 0 Å². The van der Waals surface area contributed by atoms with Crippen molar-refractivity contribution in [3.63, 3.8) is 0 Å². The lowest BCUT2D eigenvalue weighted by Gasteiger charge is -2.46. The summed E-state index contributed by atoms with van der Waals surface area (Å²) in [5.74, 6) is 0. The van der Waals surface area contributed by atoms with E-state index in [1.807, 2.05) is 0 Å². The van der Waals surface area contributed by atoms with Crippen molar-refractivity contribution >= 4 is 57.2 Å². The Balaban J connectivity index is 1.36. The highest BCUT2D eigenvalue weighted by Gasteiger charge is 2.45. The van der Waals surface area contributed by atoms with E-state index in [1.54, 1.807) is 0 Å². The fourth-order valence-electron chi connectivity index (χ4n) is 9.59. The predicted molar refractivity (Wildman–Crippen MR) is 259 cm³/mol. The summed E-state index contributed by atoms with van der Waals surface area (Å²) >= 11 is 0. The molecule has 0 N–H and O–H groups in total. The monoisotopic (exact) mass is 774 g/mol. The molecule has 0 radical (unpaired) electrons. The van der Waals surface area contributed by atoms with Crippen LogP contribution in [0.5, 0.6) is 0 Å². The third-order valence-corrected chi connectivity index (χ3v) is 12.6. The molecule has 0 saturated heterocycles. The first-order chi connectivity index (χ1) is 29.0. The van der Waals surface area contributed by atoms with Crippen LogP contribution in [0.3, 0.4) is 0 Å². The number of rotatable bonds is 5. The number of nitrogens with zero attached hydrogens (tertiary/aromatic N) is 2. The minimum absolute atomic E-state index is 0.00523. The second kappa shape index (κ2) is 14.3. The molecule has 0 spiro atoms. The molecular formula is C57H51BN2. The Morgan fingerprint density at radius 1 is 0.367 bits per heavy atom. The summed E-state index contributed by atoms with van der Waals surface area (Å²) < 4.78 is 0. The number of hydrogen-bond donors (Lipinski definition) is 0. The highest BCUT2D eigenvalue weighted by molar-refractivity contribution is 7.00. The van der Waals surface area contributed by atoms with Gasteiger partial charge in [-0.3, -0.25) is 0 Å². The molecule has 0 atom stereocenters. The van der Waals surface area contributed by atoms with Crippen LogP contribution < -0.4 is 26.2 Å². The quantitative estimate of drug-likeness (QED) is 0.161. The molecular weight excluding hydrogens is 723 g/mol. The van der Waals surface area contributed by atoms with E-state index in [2.05, 4.69) is 240 Å². The Morgan fingerprint density at radius 2 is 0.783 bits per heavy atom. The van der Waals surface area contributed by atoms with E-state index >= 15 is 0 Å². The van der Waals surface area contributed by atoms with Gasteiger partial charge in [-0.1, -0.05) is 193 Å². The van der Waals surface area contributed by atoms with Crippen molar-refractivity contribution in [2.75, 3.05) is 9.80 Å². The first-order valence-corrected chi connectivity index (χ1v) is 21.4. The topological polar surface area (TPSA) is 6.48 Å². The lowest BCUT2D eigenvalue weighted by atomic mass is 9.33. The molecule has 60 heavy (non-hydrogen) atoms. The van der Waals surface area contributed by atoms with Crippen molar-refractivity contribution in [3.05, 3.63) is 199 Å². The molecule has 292 valence electrons. The van der Waals surface area contributed by atoms with E-state index in [-0.39, 0.29) is 17.5 Å². The molecule has 8 aromatic rings. The third-order valence-electron chi connectivity index (χ3n) is 12.6. The standard InChI is InChI=1S/C57H51BN2/c1-38-34-52-54-53(35-38)60(55-45(40-22-13-9-14-23-40)27-19-28-46(55)41-24-15-10-16-25-41)51-33-31-43(57(5,6)7)37-48(51)58(54)47-36-42(56(2,3)4)30-32-50(47)59(52)49-29-18-17-26-44(49)39-20-11-8-12-21-39/h8-37H,1-7H3. The smallest absolute Gasteiger partial charge is 0.252 e. The largest absolute Gasteiger partial charge is 0.311 e. The van der Waals surface area contributed by atoms with Gasteiger partial charge in [-0.2, -0.15) is 0 Å². The molecule has 2 heterocycles. The average molecular weight is 775 g/mol. The number of anilines is 6. The molecule has 0 aliphatic carbocycles. The van der Waals surface area contributed by atoms with Crippen LogP contribution in [0.4, 0.5) is 34.1 Å². The summed E-state index contributed by atoms with van der Waals surface area (Å²) in [6.45, 7) is 16.3. The van der Waals surface area contributed by atoms with Gasteiger partial charge in [-0.25, -0.2) is 0 Å². The van der Waals surface area contributed by atoms with Crippen LogP contribution in [0, 0.1) is 6.92 Å². The fraction of sp³-hybridized carbons (Fsp3) is 0.158. The maximum absolute atomic E-state index is 2.62. The maximum Gasteiger partial charge on any atom is 0.252 e. The van der Waals surface area contributed by atoms with Gasteiger partial charge < -0.3 is 9.80 Å². The maximum atomic E-state index is 2.62. The van der Waals surface area contributed by atoms with Crippen LogP contribution >= 0.6 is 0 Å². The highest BCUT2D eigenvalue weighted by atomic mass is 15.2. The molecule has 2 nitrogen and oxygen atoms in total. The summed E-state index contributed by atoms with van der Waals surface area (Å²) in [7, 11) is 0. The lowest BCUT2D eigenvalue weighted by Crippen LogP contribution is -2.61. The molecule has 0 unspecified atom stereocenters. The van der Waals surface area contributed by atoms with Crippen LogP contribution in [0.1, 0.15) is 58.2 Å². The SMILES string of the molecule is Cc1cc2c3c(c1)N(c1c(-c4ccccc4)cccc1-c1ccccc1)c1ccc(C(C)(C)C)cc1B3c1cc(C(C)(C)C)ccc1N2c1ccccc1-c1ccccc1. The molecule has 0 fully saturated rings. The molecule has 10 rings (SSSR count). The number of fused-ring (bicyclic) bond motifs is 4. The number of para-hydroxylation sites is 2. The third kappa shape index (κ3) is 6.27. The van der Waals surface area contributed by atoms with Crippen LogP contribution in [-0.4, -0.2) is 6.71 Å². The summed E-state index contributed by atoms with van der Waals surface area (Å²) in [4.78, 5) is 5.19. The molecule has 0 aromatic heterocycles. The zero-order valence-electron chi connectivity index (χ0n) is 35.8. The summed E-state index contributed by atoms with van der Waals surface area (Å²) in [6.07, 6.45) is 0. The zero-order valence-corrected chi connectivity index (χ0v) is 35.8. The average Bonchev–Trinajstić information content (AvgIpc) is 3.26. The van der Waals surface area contributed by atoms with Crippen molar-refractivity contribution in [2.45, 2.75) is 59.3 Å². The van der Waals surface area contributed by atoms with Crippen molar-refractivity contribution < 1.29 is 0 Å². The minimum Gasteiger partial charge on any atom is -0.311 e. The van der Waals surface area contributed by atoms with Crippen molar-refractivity contribution in [3.8, 4) is 33.4 Å². The summed E-state index contributed by atoms with van der Waals surface area (Å²) in [6, 6.07) is 68.0. The highest BCUT2D eigenvalue weighted by Crippen LogP contribution is 2.51. The van der Waals surface area contributed by atoms with Gasteiger partial charge in [0.2, 0.25) is 0 Å². The summed E-state index contributed by atoms with van der Waals surface area (Å²) in [5.41, 5.74) is 22.3. The van der Waals surface area contributed by atoms with Gasteiger partial charge in [0.15, 0.2) is 0 Å². The van der Waals surface area contributed by atoms with Crippen LogP contribution in [0.25, 0.3) is 33.4 Å². The van der Waals surface area contributed by atoms with Gasteiger partial charge in [-0.05, 0) is 97.9 Å². The molecule has 0 amide bonds. The van der Waals surface area contributed by atoms with E-state index < -0.39 is 0 Å². The lowest BCUT2D eigenvalue weighted by molar-refractivity contribution is 0.590. The number of aryl methyl sites for hydroxylation is 1. The molecule has 3 heteroatoms. The number of benzene rings is 8. The molecule has 0 saturated carbocycles. The Bertz CT molecular complexity index is 2840. The Labute approximate surface area is 356 Å². The first-order valence-electron chi connectivity index (χ1n) is 21.4. The second-order valence-electron chi connectivity index (χ2n) is 18.7. The fourth-order valence-corrected chi connectivity index (χ4v) is 9.59. The van der Waals surface area contributed by atoms with Crippen molar-refractivity contribution in [1.82, 2.24) is 0 Å². The van der Waals surface area contributed by atoms with Crippen molar-refractivity contribution in [2.24, 2.45) is 0 Å². The van der Waals surface area contributed by atoms with E-state index in [4.69, 9.17) is 0 Å². The first kappa shape index (κ1) is 37.7. The van der Waals surface area contributed by atoms with Crippen LogP contribution in [0.2, 0.25) is 0 Å². The van der Waals surface area contributed by atoms with Crippen LogP contribution in [-0.2, 0) is 10.8 Å². The Hall–Kier alpha value is -6.58. The molecule has 2 aliphatic heterocycles. The van der Waals surface area contributed by atoms with Gasteiger partial charge in [0.1, 0.15) is 0 Å². The van der Waals surface area contributed by atoms with Gasteiger partial charge >= 0.3 is 0 Å². The van der Waals surface area contributed by atoms with Crippen LogP contribution in [0.15, 0.2) is 182 Å². The van der Waals surface area contributed by atoms with E-state index in [1.165, 1.54) is 101 Å². The van der Waals surface area contributed by atoms with Gasteiger partial charge in [0, 0.05) is 39.4 Å². The molecule has 2 aliphatic rings. The van der Waals surface area contributed by atoms with Gasteiger partial charge in [-0.15, -0.1) is 0 Å². The van der Waals surface area contributed by atoms with Gasteiger partial charge in [0.05, 0.1) is 11.4 Å². The number of hydrogen-bond acceptors (Lipinski definition) is 2. The predicted octanol–water partition coefficient (Wildman–Crippen LogP) is 13.7.